The first-order valence-electron chi connectivity index (χ1n) is 3.04. The van der Waals surface area contributed by atoms with Crippen molar-refractivity contribution in [2.45, 2.75) is 18.3 Å². The molecule has 0 spiro atoms. The Hall–Kier alpha value is -0.640. The predicted molar refractivity (Wildman–Crippen MR) is 36.3 cm³/mol. The van der Waals surface area contributed by atoms with E-state index in [1.165, 1.54) is 12.2 Å². The zero-order valence-electron chi connectivity index (χ0n) is 5.44. The molecule has 1 rings (SSSR count). The molecule has 0 radical (unpaired) electrons. The predicted octanol–water partition coefficient (Wildman–Crippen LogP) is -0.805. The third-order valence-electron chi connectivity index (χ3n) is 1.56. The monoisotopic (exact) mass is 142 g/mol. The molecule has 56 valence electrons. The maximum absolute atomic E-state index is 9.06. The number of aliphatic hydroxyl groups excluding tert-OH is 3. The summed E-state index contributed by atoms with van der Waals surface area (Å²) in [5, 5.41) is 27.0. The quantitative estimate of drug-likeness (QED) is 0.415. The number of rotatable bonds is 0. The molecule has 0 bridgehead atoms. The Labute approximate surface area is 58.9 Å². The van der Waals surface area contributed by atoms with E-state index in [-0.39, 0.29) is 0 Å². The van der Waals surface area contributed by atoms with Crippen LogP contribution in [0.3, 0.4) is 0 Å². The van der Waals surface area contributed by atoms with Crippen LogP contribution in [0.5, 0.6) is 0 Å². The Kier molecular flexibility index (Phi) is 1.89. The molecular formula is C7H10O3. The van der Waals surface area contributed by atoms with Crippen LogP contribution in [0.15, 0.2) is 24.3 Å². The Morgan fingerprint density at radius 1 is 1.30 bits per heavy atom. The lowest BCUT2D eigenvalue weighted by Gasteiger charge is -2.25. The molecule has 0 saturated carbocycles. The van der Waals surface area contributed by atoms with Crippen LogP contribution < -0.4 is 0 Å². The summed E-state index contributed by atoms with van der Waals surface area (Å²) in [5.41, 5.74) is 0.429. The van der Waals surface area contributed by atoms with Gasteiger partial charge in [0.1, 0.15) is 18.3 Å². The maximum atomic E-state index is 9.06. The minimum absolute atomic E-state index is 0.429. The van der Waals surface area contributed by atoms with Gasteiger partial charge in [-0.2, -0.15) is 0 Å². The van der Waals surface area contributed by atoms with Crippen LogP contribution in [-0.2, 0) is 0 Å². The van der Waals surface area contributed by atoms with Crippen molar-refractivity contribution in [3.8, 4) is 0 Å². The lowest BCUT2D eigenvalue weighted by Crippen LogP contribution is -2.39. The van der Waals surface area contributed by atoms with E-state index < -0.39 is 18.3 Å². The van der Waals surface area contributed by atoms with Crippen molar-refractivity contribution >= 4 is 0 Å². The minimum atomic E-state index is -1.13. The summed E-state index contributed by atoms with van der Waals surface area (Å²) in [7, 11) is 0. The van der Waals surface area contributed by atoms with Gasteiger partial charge >= 0.3 is 0 Å². The molecule has 0 fully saturated rings. The third kappa shape index (κ3) is 1.11. The van der Waals surface area contributed by atoms with Crippen molar-refractivity contribution in [3.05, 3.63) is 24.3 Å². The van der Waals surface area contributed by atoms with E-state index in [9.17, 15) is 0 Å². The highest BCUT2D eigenvalue weighted by atomic mass is 16.4. The summed E-state index contributed by atoms with van der Waals surface area (Å²) < 4.78 is 0. The summed E-state index contributed by atoms with van der Waals surface area (Å²) in [6, 6.07) is 0. The molecule has 3 atom stereocenters. The summed E-state index contributed by atoms with van der Waals surface area (Å²) in [4.78, 5) is 0. The number of hydrogen-bond donors (Lipinski definition) is 3. The molecule has 0 saturated heterocycles. The van der Waals surface area contributed by atoms with E-state index in [0.29, 0.717) is 5.57 Å². The van der Waals surface area contributed by atoms with E-state index >= 15 is 0 Å². The number of aliphatic hydroxyl groups is 3. The van der Waals surface area contributed by atoms with Gasteiger partial charge < -0.3 is 15.3 Å². The average Bonchev–Trinajstić information content (AvgIpc) is 1.93. The Morgan fingerprint density at radius 3 is 2.40 bits per heavy atom. The second-order valence-electron chi connectivity index (χ2n) is 2.36. The minimum Gasteiger partial charge on any atom is -0.387 e. The molecule has 0 heterocycles. The summed E-state index contributed by atoms with van der Waals surface area (Å²) in [6.45, 7) is 3.47. The second-order valence-corrected chi connectivity index (χ2v) is 2.36. The Balaban J connectivity index is 2.79. The normalized spacial score (nSPS) is 40.3. The van der Waals surface area contributed by atoms with Gasteiger partial charge in [0, 0.05) is 0 Å². The first-order valence-corrected chi connectivity index (χ1v) is 3.04. The van der Waals surface area contributed by atoms with Crippen molar-refractivity contribution in [3.63, 3.8) is 0 Å². The van der Waals surface area contributed by atoms with Gasteiger partial charge in [-0.05, 0) is 5.57 Å². The molecule has 3 N–H and O–H groups in total. The molecule has 1 aliphatic carbocycles. The van der Waals surface area contributed by atoms with Gasteiger partial charge in [0.15, 0.2) is 0 Å². The molecular weight excluding hydrogens is 132 g/mol. The van der Waals surface area contributed by atoms with Crippen molar-refractivity contribution in [1.29, 1.82) is 0 Å². The van der Waals surface area contributed by atoms with E-state index in [0.717, 1.165) is 0 Å². The fourth-order valence-corrected chi connectivity index (χ4v) is 0.841. The first-order chi connectivity index (χ1) is 4.63. The Bertz CT molecular complexity index is 174. The zero-order valence-corrected chi connectivity index (χ0v) is 5.44. The van der Waals surface area contributed by atoms with E-state index in [2.05, 4.69) is 6.58 Å². The van der Waals surface area contributed by atoms with Gasteiger partial charge in [-0.25, -0.2) is 0 Å². The standard InChI is InChI=1S/C7H10O3/c1-4-2-3-5(8)7(10)6(4)9/h2-3,5-10H,1H2. The molecule has 10 heavy (non-hydrogen) atoms. The zero-order chi connectivity index (χ0) is 7.72. The second kappa shape index (κ2) is 2.54. The molecule has 0 aromatic carbocycles. The van der Waals surface area contributed by atoms with Crippen LogP contribution in [0, 0.1) is 0 Å². The summed E-state index contributed by atoms with van der Waals surface area (Å²) in [6.07, 6.45) is -0.222. The van der Waals surface area contributed by atoms with Gasteiger partial charge in [0.2, 0.25) is 0 Å². The smallest absolute Gasteiger partial charge is 0.113 e. The molecule has 0 amide bonds. The molecule has 3 nitrogen and oxygen atoms in total. The molecule has 3 unspecified atom stereocenters. The maximum Gasteiger partial charge on any atom is 0.113 e. The van der Waals surface area contributed by atoms with Crippen molar-refractivity contribution < 1.29 is 15.3 Å². The Morgan fingerprint density at radius 2 is 1.90 bits per heavy atom. The molecule has 0 aromatic rings. The van der Waals surface area contributed by atoms with Gasteiger partial charge in [-0.15, -0.1) is 0 Å². The summed E-state index contributed by atoms with van der Waals surface area (Å²) >= 11 is 0. The molecule has 0 aromatic heterocycles. The lowest BCUT2D eigenvalue weighted by molar-refractivity contribution is -0.0283. The van der Waals surface area contributed by atoms with Crippen LogP contribution in [0.1, 0.15) is 0 Å². The topological polar surface area (TPSA) is 60.7 Å². The van der Waals surface area contributed by atoms with Gasteiger partial charge in [0.25, 0.3) is 0 Å². The SMILES string of the molecule is C=C1C=CC(O)C(O)C1O. The lowest BCUT2D eigenvalue weighted by atomic mass is 9.95. The van der Waals surface area contributed by atoms with Crippen molar-refractivity contribution in [2.24, 2.45) is 0 Å². The summed E-state index contributed by atoms with van der Waals surface area (Å²) in [5.74, 6) is 0. The average molecular weight is 142 g/mol. The molecule has 1 aliphatic rings. The number of hydrogen-bond acceptors (Lipinski definition) is 3. The van der Waals surface area contributed by atoms with Crippen LogP contribution in [0.2, 0.25) is 0 Å². The fraction of sp³-hybridized carbons (Fsp3) is 0.429. The van der Waals surface area contributed by atoms with Crippen LogP contribution in [0.25, 0.3) is 0 Å². The van der Waals surface area contributed by atoms with E-state index in [1.54, 1.807) is 0 Å². The third-order valence-corrected chi connectivity index (χ3v) is 1.56. The van der Waals surface area contributed by atoms with Crippen LogP contribution >= 0.6 is 0 Å². The molecule has 0 aliphatic heterocycles. The highest BCUT2D eigenvalue weighted by Crippen LogP contribution is 2.15. The van der Waals surface area contributed by atoms with Gasteiger partial charge in [-0.3, -0.25) is 0 Å². The van der Waals surface area contributed by atoms with Crippen molar-refractivity contribution in [1.82, 2.24) is 0 Å². The highest BCUT2D eigenvalue weighted by Gasteiger charge is 2.27. The first kappa shape index (κ1) is 7.47. The highest BCUT2D eigenvalue weighted by molar-refractivity contribution is 5.26. The largest absolute Gasteiger partial charge is 0.387 e. The van der Waals surface area contributed by atoms with Gasteiger partial charge in [0.05, 0.1) is 0 Å². The van der Waals surface area contributed by atoms with Gasteiger partial charge in [-0.1, -0.05) is 18.7 Å². The van der Waals surface area contributed by atoms with Crippen LogP contribution in [0.4, 0.5) is 0 Å². The molecule has 3 heteroatoms. The fourth-order valence-electron chi connectivity index (χ4n) is 0.841. The van der Waals surface area contributed by atoms with E-state index in [4.69, 9.17) is 15.3 Å². The van der Waals surface area contributed by atoms with E-state index in [1.807, 2.05) is 0 Å². The van der Waals surface area contributed by atoms with Crippen LogP contribution in [-0.4, -0.2) is 33.6 Å². The van der Waals surface area contributed by atoms with Crippen molar-refractivity contribution in [2.75, 3.05) is 0 Å².